The van der Waals surface area contributed by atoms with Crippen molar-refractivity contribution in [1.29, 1.82) is 0 Å². The fraction of sp³-hybridized carbons (Fsp3) is 0.292. The minimum Gasteiger partial charge on any atom is -0.384 e. The zero-order chi connectivity index (χ0) is 23.4. The Balaban J connectivity index is 1.43. The summed E-state index contributed by atoms with van der Waals surface area (Å²) in [5.74, 6) is -0.492. The highest BCUT2D eigenvalue weighted by atomic mass is 35.5. The zero-order valence-electron chi connectivity index (χ0n) is 18.0. The van der Waals surface area contributed by atoms with Crippen molar-refractivity contribution in [1.82, 2.24) is 20.2 Å². The third-order valence-electron chi connectivity index (χ3n) is 5.91. The summed E-state index contributed by atoms with van der Waals surface area (Å²) in [6.07, 6.45) is 5.23. The van der Waals surface area contributed by atoms with Gasteiger partial charge in [-0.2, -0.15) is 0 Å². The lowest BCUT2D eigenvalue weighted by molar-refractivity contribution is -0.125. The van der Waals surface area contributed by atoms with Crippen LogP contribution >= 0.6 is 11.6 Å². The van der Waals surface area contributed by atoms with Gasteiger partial charge in [0.2, 0.25) is 5.91 Å². The molecule has 0 bridgehead atoms. The number of aromatic amines is 1. The maximum absolute atomic E-state index is 13.1. The molecule has 5 N–H and O–H groups in total. The first-order valence-electron chi connectivity index (χ1n) is 10.8. The maximum atomic E-state index is 13.1. The molecule has 2 unspecified atom stereocenters. The first kappa shape index (κ1) is 23.0. The van der Waals surface area contributed by atoms with E-state index in [1.807, 2.05) is 6.07 Å². The molecule has 4 rings (SSSR count). The average Bonchev–Trinajstić information content (AvgIpc) is 3.53. The predicted octanol–water partition coefficient (Wildman–Crippen LogP) is 2.52. The van der Waals surface area contributed by atoms with E-state index in [1.165, 1.54) is 0 Å². The van der Waals surface area contributed by atoms with Crippen LogP contribution in [0.3, 0.4) is 0 Å². The molecule has 3 heterocycles. The van der Waals surface area contributed by atoms with Gasteiger partial charge in [0.15, 0.2) is 0 Å². The minimum atomic E-state index is -0.899. The number of pyridine rings is 1. The van der Waals surface area contributed by atoms with Crippen molar-refractivity contribution >= 4 is 23.4 Å². The molecule has 0 saturated carbocycles. The number of benzene rings is 1. The number of likely N-dealkylation sites (tertiary alicyclic amines) is 1. The van der Waals surface area contributed by atoms with E-state index in [2.05, 4.69) is 15.3 Å². The molecule has 2 amide bonds. The van der Waals surface area contributed by atoms with E-state index in [4.69, 9.17) is 17.3 Å². The molecule has 0 aliphatic carbocycles. The summed E-state index contributed by atoms with van der Waals surface area (Å²) in [5, 5.41) is 14.1. The summed E-state index contributed by atoms with van der Waals surface area (Å²) in [4.78, 5) is 34.6. The summed E-state index contributed by atoms with van der Waals surface area (Å²) >= 11 is 6.08. The van der Waals surface area contributed by atoms with E-state index in [-0.39, 0.29) is 18.4 Å². The number of carbonyl (C=O) groups is 2. The molecule has 2 aromatic heterocycles. The van der Waals surface area contributed by atoms with E-state index < -0.39 is 12.1 Å². The molecule has 0 spiro atoms. The first-order chi connectivity index (χ1) is 16.0. The van der Waals surface area contributed by atoms with Crippen LogP contribution in [0.2, 0.25) is 5.02 Å². The van der Waals surface area contributed by atoms with Gasteiger partial charge < -0.3 is 26.0 Å². The van der Waals surface area contributed by atoms with Crippen LogP contribution in [0.4, 0.5) is 0 Å². The topological polar surface area (TPSA) is 124 Å². The number of hydrogen-bond acceptors (Lipinski definition) is 5. The highest BCUT2D eigenvalue weighted by Crippen LogP contribution is 2.25. The van der Waals surface area contributed by atoms with Crippen LogP contribution in [0, 0.1) is 0 Å². The van der Waals surface area contributed by atoms with Gasteiger partial charge in [-0.05, 0) is 48.2 Å². The third kappa shape index (κ3) is 5.08. The number of H-pyrrole nitrogens is 1. The van der Waals surface area contributed by atoms with Crippen LogP contribution in [0.25, 0.3) is 0 Å². The Bertz CT molecular complexity index is 1130. The molecular weight excluding hydrogens is 442 g/mol. The summed E-state index contributed by atoms with van der Waals surface area (Å²) in [7, 11) is 0. The molecular formula is C24H26ClN5O3. The second-order valence-corrected chi connectivity index (χ2v) is 8.46. The van der Waals surface area contributed by atoms with Crippen molar-refractivity contribution in [2.24, 2.45) is 5.73 Å². The highest BCUT2D eigenvalue weighted by molar-refractivity contribution is 6.30. The van der Waals surface area contributed by atoms with Gasteiger partial charge in [-0.3, -0.25) is 14.6 Å². The summed E-state index contributed by atoms with van der Waals surface area (Å²) in [6, 6.07) is 9.96. The molecule has 1 aliphatic rings. The molecule has 1 fully saturated rings. The molecule has 3 aromatic rings. The fourth-order valence-electron chi connectivity index (χ4n) is 4.12. The van der Waals surface area contributed by atoms with Gasteiger partial charge in [-0.1, -0.05) is 23.7 Å². The largest absolute Gasteiger partial charge is 0.384 e. The Morgan fingerprint density at radius 1 is 1.27 bits per heavy atom. The van der Waals surface area contributed by atoms with E-state index in [9.17, 15) is 14.7 Å². The summed E-state index contributed by atoms with van der Waals surface area (Å²) in [5.41, 5.74) is 9.06. The number of carbonyl (C=O) groups excluding carboxylic acids is 2. The van der Waals surface area contributed by atoms with Crippen molar-refractivity contribution in [3.05, 3.63) is 88.0 Å². The van der Waals surface area contributed by atoms with Crippen molar-refractivity contribution in [3.8, 4) is 0 Å². The number of rotatable bonds is 7. The Labute approximate surface area is 196 Å². The number of aliphatic hydroxyl groups is 1. The lowest BCUT2D eigenvalue weighted by Gasteiger charge is -2.23. The van der Waals surface area contributed by atoms with Gasteiger partial charge in [0, 0.05) is 54.4 Å². The van der Waals surface area contributed by atoms with Gasteiger partial charge in [0.05, 0.1) is 0 Å². The SMILES string of the molecule is NCc1ccc(Cl)cc1CNC(=O)C1CCCN1C(=O)c1cc(C(O)c2cccnc2)c[nH]1. The highest BCUT2D eigenvalue weighted by Gasteiger charge is 2.35. The van der Waals surface area contributed by atoms with E-state index in [1.54, 1.807) is 53.8 Å². The number of amides is 2. The van der Waals surface area contributed by atoms with Gasteiger partial charge in [0.1, 0.15) is 17.8 Å². The third-order valence-corrected chi connectivity index (χ3v) is 6.14. The standard InChI is InChI=1S/C24H26ClN5O3/c25-19-6-5-15(11-26)17(9-19)13-29-23(32)21-4-2-8-30(21)24(33)20-10-18(14-28-20)22(31)16-3-1-7-27-12-16/h1,3,5-7,9-10,12,14,21-22,28,31H,2,4,8,11,13,26H2,(H,29,32). The number of nitrogens with zero attached hydrogens (tertiary/aromatic N) is 2. The minimum absolute atomic E-state index is 0.217. The van der Waals surface area contributed by atoms with Crippen molar-refractivity contribution in [2.45, 2.75) is 38.1 Å². The van der Waals surface area contributed by atoms with Crippen molar-refractivity contribution < 1.29 is 14.7 Å². The average molecular weight is 468 g/mol. The molecule has 9 heteroatoms. The molecule has 33 heavy (non-hydrogen) atoms. The normalized spacial score (nSPS) is 16.6. The monoisotopic (exact) mass is 467 g/mol. The lowest BCUT2D eigenvalue weighted by Crippen LogP contribution is -2.45. The second kappa shape index (κ2) is 10.2. The van der Waals surface area contributed by atoms with Gasteiger partial charge in [-0.25, -0.2) is 0 Å². The van der Waals surface area contributed by atoms with Crippen LogP contribution in [-0.2, 0) is 17.9 Å². The number of hydrogen-bond donors (Lipinski definition) is 4. The summed E-state index contributed by atoms with van der Waals surface area (Å²) < 4.78 is 0. The van der Waals surface area contributed by atoms with E-state index in [0.717, 1.165) is 17.5 Å². The zero-order valence-corrected chi connectivity index (χ0v) is 18.8. The van der Waals surface area contributed by atoms with E-state index in [0.29, 0.717) is 41.4 Å². The molecule has 8 nitrogen and oxygen atoms in total. The molecule has 1 saturated heterocycles. The Hall–Kier alpha value is -3.20. The first-order valence-corrected chi connectivity index (χ1v) is 11.2. The number of halogens is 1. The molecule has 172 valence electrons. The van der Waals surface area contributed by atoms with E-state index >= 15 is 0 Å². The number of nitrogens with two attached hydrogens (primary N) is 1. The molecule has 0 radical (unpaired) electrons. The predicted molar refractivity (Wildman–Crippen MR) is 124 cm³/mol. The molecule has 1 aromatic carbocycles. The van der Waals surface area contributed by atoms with Crippen LogP contribution in [0.15, 0.2) is 55.0 Å². The van der Waals surface area contributed by atoms with Gasteiger partial charge in [0.25, 0.3) is 5.91 Å². The van der Waals surface area contributed by atoms with Crippen LogP contribution in [-0.4, -0.2) is 44.4 Å². The maximum Gasteiger partial charge on any atom is 0.270 e. The molecule has 2 atom stereocenters. The van der Waals surface area contributed by atoms with Crippen molar-refractivity contribution in [2.75, 3.05) is 6.54 Å². The summed E-state index contributed by atoms with van der Waals surface area (Å²) in [6.45, 7) is 1.12. The lowest BCUT2D eigenvalue weighted by atomic mass is 10.1. The fourth-order valence-corrected chi connectivity index (χ4v) is 4.31. The Morgan fingerprint density at radius 2 is 2.12 bits per heavy atom. The number of aromatic nitrogens is 2. The quantitative estimate of drug-likeness (QED) is 0.425. The Kier molecular flexibility index (Phi) is 7.08. The van der Waals surface area contributed by atoms with Gasteiger partial charge in [-0.15, -0.1) is 0 Å². The van der Waals surface area contributed by atoms with Crippen molar-refractivity contribution in [3.63, 3.8) is 0 Å². The van der Waals surface area contributed by atoms with Crippen LogP contribution < -0.4 is 11.1 Å². The Morgan fingerprint density at radius 3 is 2.88 bits per heavy atom. The molecule has 1 aliphatic heterocycles. The van der Waals surface area contributed by atoms with Gasteiger partial charge >= 0.3 is 0 Å². The number of aliphatic hydroxyl groups excluding tert-OH is 1. The van der Waals surface area contributed by atoms with Crippen LogP contribution in [0.1, 0.15) is 51.7 Å². The second-order valence-electron chi connectivity index (χ2n) is 8.03. The smallest absolute Gasteiger partial charge is 0.270 e. The van der Waals surface area contributed by atoms with Crippen LogP contribution in [0.5, 0.6) is 0 Å². The number of nitrogens with one attached hydrogen (secondary N) is 2.